The predicted molar refractivity (Wildman–Crippen MR) is 97.3 cm³/mol. The predicted octanol–water partition coefficient (Wildman–Crippen LogP) is 3.59. The van der Waals surface area contributed by atoms with E-state index in [9.17, 15) is 0 Å². The average Bonchev–Trinajstić information content (AvgIpc) is 2.58. The maximum atomic E-state index is 8.73. The van der Waals surface area contributed by atoms with Crippen LogP contribution in [-0.2, 0) is 13.0 Å². The maximum absolute atomic E-state index is 8.73. The molecule has 0 aliphatic heterocycles. The standard InChI is InChI=1S/C19H25NO2.ClH/c1-16(7-8-17-5-3-2-4-6-17)20-15-18-9-11-19(12-10-18)22-14-13-21;/h2-6,9-12,16,20-21H,7-8,13-15H2,1H3;1H. The minimum atomic E-state index is 0. The Morgan fingerprint density at radius 2 is 1.70 bits per heavy atom. The third kappa shape index (κ3) is 7.51. The molecule has 0 heterocycles. The fourth-order valence-corrected chi connectivity index (χ4v) is 2.29. The smallest absolute Gasteiger partial charge is 0.119 e. The quantitative estimate of drug-likeness (QED) is 0.736. The van der Waals surface area contributed by atoms with Gasteiger partial charge in [0.2, 0.25) is 0 Å². The van der Waals surface area contributed by atoms with Crippen molar-refractivity contribution in [1.82, 2.24) is 5.32 Å². The Kier molecular flexibility index (Phi) is 9.37. The zero-order valence-corrected chi connectivity index (χ0v) is 14.4. The first-order valence-electron chi connectivity index (χ1n) is 7.88. The van der Waals surface area contributed by atoms with Gasteiger partial charge >= 0.3 is 0 Å². The van der Waals surface area contributed by atoms with Crippen LogP contribution in [0.3, 0.4) is 0 Å². The minimum Gasteiger partial charge on any atom is -0.491 e. The normalized spacial score (nSPS) is 11.6. The van der Waals surface area contributed by atoms with Gasteiger partial charge in [0.05, 0.1) is 6.61 Å². The summed E-state index contributed by atoms with van der Waals surface area (Å²) in [7, 11) is 0. The summed E-state index contributed by atoms with van der Waals surface area (Å²) in [5.74, 6) is 0.801. The number of rotatable bonds is 9. The Hall–Kier alpha value is -1.55. The molecular weight excluding hydrogens is 310 g/mol. The van der Waals surface area contributed by atoms with E-state index in [1.54, 1.807) is 0 Å². The van der Waals surface area contributed by atoms with E-state index < -0.39 is 0 Å². The highest BCUT2D eigenvalue weighted by molar-refractivity contribution is 5.85. The molecule has 1 unspecified atom stereocenters. The molecule has 0 radical (unpaired) electrons. The highest BCUT2D eigenvalue weighted by Gasteiger charge is 2.03. The highest BCUT2D eigenvalue weighted by Crippen LogP contribution is 2.12. The van der Waals surface area contributed by atoms with E-state index in [0.717, 1.165) is 25.1 Å². The molecule has 23 heavy (non-hydrogen) atoms. The Morgan fingerprint density at radius 3 is 2.35 bits per heavy atom. The first-order chi connectivity index (χ1) is 10.8. The lowest BCUT2D eigenvalue weighted by molar-refractivity contribution is 0.201. The van der Waals surface area contributed by atoms with E-state index in [0.29, 0.717) is 12.6 Å². The van der Waals surface area contributed by atoms with Crippen LogP contribution in [0.1, 0.15) is 24.5 Å². The van der Waals surface area contributed by atoms with Crippen molar-refractivity contribution in [2.24, 2.45) is 0 Å². The van der Waals surface area contributed by atoms with Crippen molar-refractivity contribution in [3.05, 3.63) is 65.7 Å². The summed E-state index contributed by atoms with van der Waals surface area (Å²) >= 11 is 0. The number of hydrogen-bond acceptors (Lipinski definition) is 3. The molecule has 2 rings (SSSR count). The van der Waals surface area contributed by atoms with Crippen LogP contribution in [0.2, 0.25) is 0 Å². The van der Waals surface area contributed by atoms with Crippen molar-refractivity contribution in [1.29, 1.82) is 0 Å². The number of hydrogen-bond donors (Lipinski definition) is 2. The second-order valence-electron chi connectivity index (χ2n) is 5.52. The molecule has 3 nitrogen and oxygen atoms in total. The van der Waals surface area contributed by atoms with Gasteiger partial charge in [-0.2, -0.15) is 0 Å². The second-order valence-corrected chi connectivity index (χ2v) is 5.52. The molecule has 0 aliphatic rings. The summed E-state index contributed by atoms with van der Waals surface area (Å²) in [6.45, 7) is 3.47. The molecule has 0 saturated carbocycles. The lowest BCUT2D eigenvalue weighted by Crippen LogP contribution is -2.25. The van der Waals surface area contributed by atoms with Gasteiger partial charge in [-0.05, 0) is 43.0 Å². The van der Waals surface area contributed by atoms with Crippen LogP contribution in [0.5, 0.6) is 5.75 Å². The van der Waals surface area contributed by atoms with Crippen LogP contribution in [0.25, 0.3) is 0 Å². The Balaban J connectivity index is 0.00000264. The summed E-state index contributed by atoms with van der Waals surface area (Å²) in [5.41, 5.74) is 2.63. The van der Waals surface area contributed by atoms with Crippen LogP contribution in [0.15, 0.2) is 54.6 Å². The summed E-state index contributed by atoms with van der Waals surface area (Å²) < 4.78 is 5.35. The highest BCUT2D eigenvalue weighted by atomic mass is 35.5. The van der Waals surface area contributed by atoms with Crippen LogP contribution in [0, 0.1) is 0 Å². The first kappa shape index (κ1) is 19.5. The summed E-state index contributed by atoms with van der Waals surface area (Å²) in [6, 6.07) is 19.1. The lowest BCUT2D eigenvalue weighted by Gasteiger charge is -2.14. The van der Waals surface area contributed by atoms with E-state index in [-0.39, 0.29) is 19.0 Å². The molecule has 2 N–H and O–H groups in total. The molecule has 0 amide bonds. The first-order valence-corrected chi connectivity index (χ1v) is 7.88. The molecular formula is C19H26ClNO2. The minimum absolute atomic E-state index is 0. The van der Waals surface area contributed by atoms with Crippen molar-refractivity contribution in [2.45, 2.75) is 32.4 Å². The fraction of sp³-hybridized carbons (Fsp3) is 0.368. The third-order valence-electron chi connectivity index (χ3n) is 3.65. The second kappa shape index (κ2) is 11.1. The molecule has 4 heteroatoms. The van der Waals surface area contributed by atoms with Gasteiger partial charge in [0.15, 0.2) is 0 Å². The number of ether oxygens (including phenoxy) is 1. The van der Waals surface area contributed by atoms with Gasteiger partial charge in [0.25, 0.3) is 0 Å². The van der Waals surface area contributed by atoms with Crippen LogP contribution >= 0.6 is 12.4 Å². The van der Waals surface area contributed by atoms with Crippen LogP contribution < -0.4 is 10.1 Å². The number of halogens is 1. The summed E-state index contributed by atoms with van der Waals surface area (Å²) in [5, 5.41) is 12.3. The zero-order chi connectivity index (χ0) is 15.6. The van der Waals surface area contributed by atoms with Gasteiger partial charge in [-0.25, -0.2) is 0 Å². The van der Waals surface area contributed by atoms with Crippen molar-refractivity contribution < 1.29 is 9.84 Å². The van der Waals surface area contributed by atoms with E-state index in [4.69, 9.17) is 9.84 Å². The van der Waals surface area contributed by atoms with Gasteiger partial charge in [0.1, 0.15) is 12.4 Å². The number of benzene rings is 2. The summed E-state index contributed by atoms with van der Waals surface area (Å²) in [4.78, 5) is 0. The number of aryl methyl sites for hydroxylation is 1. The number of aliphatic hydroxyl groups is 1. The van der Waals surface area contributed by atoms with Crippen molar-refractivity contribution in [3.63, 3.8) is 0 Å². The molecule has 0 aliphatic carbocycles. The van der Waals surface area contributed by atoms with Gasteiger partial charge in [-0.3, -0.25) is 0 Å². The van der Waals surface area contributed by atoms with Gasteiger partial charge < -0.3 is 15.2 Å². The van der Waals surface area contributed by atoms with Crippen molar-refractivity contribution >= 4 is 12.4 Å². The topological polar surface area (TPSA) is 41.5 Å². The zero-order valence-electron chi connectivity index (χ0n) is 13.6. The number of nitrogens with one attached hydrogen (secondary N) is 1. The lowest BCUT2D eigenvalue weighted by atomic mass is 10.1. The van der Waals surface area contributed by atoms with Crippen LogP contribution in [0.4, 0.5) is 0 Å². The van der Waals surface area contributed by atoms with Gasteiger partial charge in [0, 0.05) is 12.6 Å². The molecule has 2 aromatic carbocycles. The molecule has 0 aromatic heterocycles. The van der Waals surface area contributed by atoms with Gasteiger partial charge in [-0.15, -0.1) is 12.4 Å². The molecule has 1 atom stereocenters. The van der Waals surface area contributed by atoms with Crippen LogP contribution in [-0.4, -0.2) is 24.4 Å². The van der Waals surface area contributed by atoms with E-state index >= 15 is 0 Å². The molecule has 0 fully saturated rings. The Morgan fingerprint density at radius 1 is 1.00 bits per heavy atom. The average molecular weight is 336 g/mol. The Labute approximate surface area is 145 Å². The monoisotopic (exact) mass is 335 g/mol. The van der Waals surface area contributed by atoms with E-state index in [2.05, 4.69) is 54.7 Å². The Bertz CT molecular complexity index is 531. The fourth-order valence-electron chi connectivity index (χ4n) is 2.29. The third-order valence-corrected chi connectivity index (χ3v) is 3.65. The molecule has 0 bridgehead atoms. The molecule has 126 valence electrons. The SMILES string of the molecule is CC(CCc1ccccc1)NCc1ccc(OCCO)cc1.Cl. The molecule has 2 aromatic rings. The largest absolute Gasteiger partial charge is 0.491 e. The van der Waals surface area contributed by atoms with E-state index in [1.807, 2.05) is 12.1 Å². The number of aliphatic hydroxyl groups excluding tert-OH is 1. The van der Waals surface area contributed by atoms with Crippen molar-refractivity contribution in [3.8, 4) is 5.75 Å². The van der Waals surface area contributed by atoms with Gasteiger partial charge in [-0.1, -0.05) is 42.5 Å². The summed E-state index contributed by atoms with van der Waals surface area (Å²) in [6.07, 6.45) is 2.23. The van der Waals surface area contributed by atoms with E-state index in [1.165, 1.54) is 11.1 Å². The maximum Gasteiger partial charge on any atom is 0.119 e. The molecule has 0 saturated heterocycles. The molecule has 0 spiro atoms. The van der Waals surface area contributed by atoms with Crippen molar-refractivity contribution in [2.75, 3.05) is 13.2 Å².